The molecule has 0 aromatic carbocycles. The minimum absolute atomic E-state index is 0.367. The molecule has 0 atom stereocenters. The average molecular weight is 255 g/mol. The van der Waals surface area contributed by atoms with Gasteiger partial charge in [0.1, 0.15) is 5.69 Å². The van der Waals surface area contributed by atoms with E-state index in [4.69, 9.17) is 4.74 Å². The largest absolute Gasteiger partial charge is 0.464 e. The van der Waals surface area contributed by atoms with Crippen molar-refractivity contribution in [2.24, 2.45) is 7.05 Å². The number of esters is 1. The van der Waals surface area contributed by atoms with Crippen molar-refractivity contribution in [3.63, 3.8) is 0 Å². The number of hydrogen-bond acceptors (Lipinski definition) is 3. The van der Waals surface area contributed by atoms with Gasteiger partial charge in [-0.3, -0.25) is 4.98 Å². The highest BCUT2D eigenvalue weighted by atomic mass is 16.5. The summed E-state index contributed by atoms with van der Waals surface area (Å²) in [6, 6.07) is 5.56. The van der Waals surface area contributed by atoms with E-state index in [9.17, 15) is 4.79 Å². The Balaban J connectivity index is 2.14. The maximum atomic E-state index is 11.5. The van der Waals surface area contributed by atoms with Crippen molar-refractivity contribution < 1.29 is 9.53 Å². The van der Waals surface area contributed by atoms with Crippen molar-refractivity contribution in [3.05, 3.63) is 42.5 Å². The second-order valence-electron chi connectivity index (χ2n) is 4.32. The third kappa shape index (κ3) is 1.79. The van der Waals surface area contributed by atoms with E-state index in [-0.39, 0.29) is 5.97 Å². The number of nitrogens with zero attached hydrogens (tertiary/aromatic N) is 2. The van der Waals surface area contributed by atoms with Crippen LogP contribution in [-0.4, -0.2) is 27.6 Å². The zero-order chi connectivity index (χ0) is 13.4. The molecule has 5 heteroatoms. The van der Waals surface area contributed by atoms with Crippen LogP contribution in [0.3, 0.4) is 0 Å². The minimum atomic E-state index is -0.367. The number of fused-ring (bicyclic) bond motifs is 1. The molecule has 19 heavy (non-hydrogen) atoms. The quantitative estimate of drug-likeness (QED) is 0.715. The van der Waals surface area contributed by atoms with Crippen molar-refractivity contribution in [2.45, 2.75) is 0 Å². The maximum Gasteiger partial charge on any atom is 0.354 e. The van der Waals surface area contributed by atoms with Gasteiger partial charge in [-0.25, -0.2) is 4.79 Å². The fraction of sp³-hybridized carbons (Fsp3) is 0.143. The van der Waals surface area contributed by atoms with Crippen LogP contribution in [0.25, 0.3) is 22.2 Å². The number of aromatic amines is 1. The zero-order valence-corrected chi connectivity index (χ0v) is 10.7. The van der Waals surface area contributed by atoms with E-state index >= 15 is 0 Å². The number of rotatable bonds is 2. The van der Waals surface area contributed by atoms with Gasteiger partial charge in [-0.1, -0.05) is 0 Å². The molecule has 5 nitrogen and oxygen atoms in total. The number of H-pyrrole nitrogens is 1. The number of carbonyl (C=O) groups excluding carboxylic acids is 1. The van der Waals surface area contributed by atoms with Gasteiger partial charge >= 0.3 is 5.97 Å². The van der Waals surface area contributed by atoms with E-state index in [1.54, 1.807) is 12.3 Å². The van der Waals surface area contributed by atoms with Crippen LogP contribution in [0.1, 0.15) is 10.5 Å². The van der Waals surface area contributed by atoms with Crippen molar-refractivity contribution in [1.29, 1.82) is 0 Å². The number of carbonyl (C=O) groups is 1. The maximum absolute atomic E-state index is 11.5. The van der Waals surface area contributed by atoms with Crippen LogP contribution in [0.2, 0.25) is 0 Å². The molecule has 3 rings (SSSR count). The molecule has 0 bridgehead atoms. The molecule has 0 saturated carbocycles. The first-order valence-corrected chi connectivity index (χ1v) is 5.87. The molecule has 3 aromatic heterocycles. The number of hydrogen-bond donors (Lipinski definition) is 1. The summed E-state index contributed by atoms with van der Waals surface area (Å²) in [5.74, 6) is -0.367. The van der Waals surface area contributed by atoms with Crippen LogP contribution in [0.4, 0.5) is 0 Å². The molecule has 0 saturated heterocycles. The van der Waals surface area contributed by atoms with Gasteiger partial charge in [-0.15, -0.1) is 0 Å². The summed E-state index contributed by atoms with van der Waals surface area (Å²) in [7, 11) is 3.34. The first kappa shape index (κ1) is 11.5. The second-order valence-corrected chi connectivity index (χ2v) is 4.32. The first-order chi connectivity index (χ1) is 9.20. The Kier molecular flexibility index (Phi) is 2.59. The van der Waals surface area contributed by atoms with E-state index in [1.807, 2.05) is 36.1 Å². The molecule has 0 fully saturated rings. The van der Waals surface area contributed by atoms with Gasteiger partial charge in [0.05, 0.1) is 18.8 Å². The number of aryl methyl sites for hydroxylation is 1. The molecule has 0 aliphatic heterocycles. The summed E-state index contributed by atoms with van der Waals surface area (Å²) in [5.41, 5.74) is 3.42. The molecule has 0 spiro atoms. The monoisotopic (exact) mass is 255 g/mol. The lowest BCUT2D eigenvalue weighted by Crippen LogP contribution is -2.00. The number of methoxy groups -OCH3 is 1. The van der Waals surface area contributed by atoms with E-state index in [2.05, 4.69) is 9.97 Å². The molecular weight excluding hydrogens is 242 g/mol. The van der Waals surface area contributed by atoms with Gasteiger partial charge in [-0.2, -0.15) is 0 Å². The van der Waals surface area contributed by atoms with Crippen molar-refractivity contribution >= 4 is 16.9 Å². The van der Waals surface area contributed by atoms with Crippen LogP contribution >= 0.6 is 0 Å². The lowest BCUT2D eigenvalue weighted by molar-refractivity contribution is 0.0595. The van der Waals surface area contributed by atoms with E-state index in [1.165, 1.54) is 7.11 Å². The molecule has 3 heterocycles. The smallest absolute Gasteiger partial charge is 0.354 e. The topological polar surface area (TPSA) is 59.9 Å². The fourth-order valence-electron chi connectivity index (χ4n) is 2.22. The summed E-state index contributed by atoms with van der Waals surface area (Å²) in [4.78, 5) is 18.7. The summed E-state index contributed by atoms with van der Waals surface area (Å²) in [5, 5.41) is 1.09. The lowest BCUT2D eigenvalue weighted by atomic mass is 10.1. The highest BCUT2D eigenvalue weighted by Gasteiger charge is 2.13. The minimum Gasteiger partial charge on any atom is -0.464 e. The Morgan fingerprint density at radius 1 is 1.37 bits per heavy atom. The van der Waals surface area contributed by atoms with Crippen LogP contribution in [0, 0.1) is 0 Å². The average Bonchev–Trinajstić information content (AvgIpc) is 3.04. The summed E-state index contributed by atoms with van der Waals surface area (Å²) < 4.78 is 6.70. The van der Waals surface area contributed by atoms with Gasteiger partial charge in [0.15, 0.2) is 0 Å². The highest BCUT2D eigenvalue weighted by molar-refractivity contribution is 5.96. The van der Waals surface area contributed by atoms with Gasteiger partial charge < -0.3 is 14.3 Å². The predicted octanol–water partition coefficient (Wildman–Crippen LogP) is 2.35. The van der Waals surface area contributed by atoms with Crippen LogP contribution in [0.15, 0.2) is 36.8 Å². The van der Waals surface area contributed by atoms with Crippen molar-refractivity contribution in [2.75, 3.05) is 7.11 Å². The summed E-state index contributed by atoms with van der Waals surface area (Å²) >= 11 is 0. The molecule has 0 amide bonds. The molecular formula is C14H13N3O2. The zero-order valence-electron chi connectivity index (χ0n) is 10.7. The van der Waals surface area contributed by atoms with Gasteiger partial charge in [-0.05, 0) is 18.2 Å². The molecule has 1 N–H and O–H groups in total. The highest BCUT2D eigenvalue weighted by Crippen LogP contribution is 2.28. The SMILES string of the molecule is COC(=O)c1ccc(-c2cn(C)c3cnccc23)[nH]1. The number of nitrogens with one attached hydrogen (secondary N) is 1. The Hall–Kier alpha value is -2.56. The number of pyridine rings is 1. The van der Waals surface area contributed by atoms with E-state index in [0.717, 1.165) is 22.2 Å². The molecule has 0 unspecified atom stereocenters. The number of ether oxygens (including phenoxy) is 1. The molecule has 3 aromatic rings. The lowest BCUT2D eigenvalue weighted by Gasteiger charge is -1.96. The standard InChI is InChI=1S/C14H13N3O2/c1-17-8-10(9-5-6-15-7-13(9)17)11-3-4-12(16-11)14(18)19-2/h3-8,16H,1-2H3. The summed E-state index contributed by atoms with van der Waals surface area (Å²) in [6.45, 7) is 0. The Labute approximate surface area is 109 Å². The van der Waals surface area contributed by atoms with Crippen LogP contribution in [-0.2, 0) is 11.8 Å². The van der Waals surface area contributed by atoms with E-state index < -0.39 is 0 Å². The second kappa shape index (κ2) is 4.28. The van der Waals surface area contributed by atoms with Gasteiger partial charge in [0, 0.05) is 36.1 Å². The van der Waals surface area contributed by atoms with Gasteiger partial charge in [0.25, 0.3) is 0 Å². The Morgan fingerprint density at radius 3 is 3.00 bits per heavy atom. The predicted molar refractivity (Wildman–Crippen MR) is 71.8 cm³/mol. The summed E-state index contributed by atoms with van der Waals surface area (Å²) in [6.07, 6.45) is 5.60. The van der Waals surface area contributed by atoms with Crippen molar-refractivity contribution in [3.8, 4) is 11.3 Å². The fourth-order valence-corrected chi connectivity index (χ4v) is 2.22. The van der Waals surface area contributed by atoms with E-state index in [0.29, 0.717) is 5.69 Å². The third-order valence-corrected chi connectivity index (χ3v) is 3.17. The first-order valence-electron chi connectivity index (χ1n) is 5.87. The molecule has 96 valence electrons. The Morgan fingerprint density at radius 2 is 2.21 bits per heavy atom. The Bertz CT molecular complexity index is 755. The normalized spacial score (nSPS) is 10.8. The number of aromatic nitrogens is 3. The molecule has 0 radical (unpaired) electrons. The van der Waals surface area contributed by atoms with Crippen LogP contribution < -0.4 is 0 Å². The third-order valence-electron chi connectivity index (χ3n) is 3.17. The van der Waals surface area contributed by atoms with Crippen LogP contribution in [0.5, 0.6) is 0 Å². The molecule has 0 aliphatic carbocycles. The van der Waals surface area contributed by atoms with Gasteiger partial charge in [0.2, 0.25) is 0 Å². The molecule has 0 aliphatic rings. The van der Waals surface area contributed by atoms with Crippen molar-refractivity contribution in [1.82, 2.24) is 14.5 Å².